The van der Waals surface area contributed by atoms with Crippen LogP contribution in [0.4, 0.5) is 5.82 Å². The van der Waals surface area contributed by atoms with Crippen LogP contribution in [0.15, 0.2) is 48.5 Å². The number of methoxy groups -OCH3 is 1. The molecule has 5 heteroatoms. The lowest BCUT2D eigenvalue weighted by Crippen LogP contribution is -2.46. The van der Waals surface area contributed by atoms with E-state index in [0.29, 0.717) is 0 Å². The smallest absolute Gasteiger partial charge is 0.137 e. The molecule has 158 valence electrons. The van der Waals surface area contributed by atoms with E-state index < -0.39 is 0 Å². The standard InChI is InChI=1S/C25H31N3O2/c1-3-27-12-14-28(15-13-27)25-22-9-5-4-7-19(22)18-23(26-25)20-10-11-24(30-2)21(17-20)8-6-16-29/h4-5,7,9-11,17-18,29H,3,6,8,12-16H2,1-2H3. The lowest BCUT2D eigenvalue weighted by atomic mass is 10.0. The Balaban J connectivity index is 1.75. The van der Waals surface area contributed by atoms with Crippen LogP contribution >= 0.6 is 0 Å². The third-order valence-electron chi connectivity index (χ3n) is 6.02. The number of benzene rings is 2. The predicted octanol–water partition coefficient (Wildman–Crippen LogP) is 3.98. The first-order valence-electron chi connectivity index (χ1n) is 10.9. The second kappa shape index (κ2) is 9.45. The molecule has 1 saturated heterocycles. The van der Waals surface area contributed by atoms with Gasteiger partial charge in [0.05, 0.1) is 12.8 Å². The summed E-state index contributed by atoms with van der Waals surface area (Å²) in [5.41, 5.74) is 3.18. The Hall–Kier alpha value is -2.63. The van der Waals surface area contributed by atoms with Crippen molar-refractivity contribution in [3.05, 3.63) is 54.1 Å². The van der Waals surface area contributed by atoms with Gasteiger partial charge >= 0.3 is 0 Å². The van der Waals surface area contributed by atoms with Crippen molar-refractivity contribution in [3.8, 4) is 17.0 Å². The number of ether oxygens (including phenoxy) is 1. The van der Waals surface area contributed by atoms with Gasteiger partial charge in [-0.15, -0.1) is 0 Å². The topological polar surface area (TPSA) is 48.8 Å². The van der Waals surface area contributed by atoms with E-state index in [1.165, 1.54) is 10.8 Å². The van der Waals surface area contributed by atoms with Crippen LogP contribution < -0.4 is 9.64 Å². The van der Waals surface area contributed by atoms with Crippen LogP contribution in [0.2, 0.25) is 0 Å². The summed E-state index contributed by atoms with van der Waals surface area (Å²) in [7, 11) is 1.69. The zero-order chi connectivity index (χ0) is 20.9. The number of anilines is 1. The molecule has 0 bridgehead atoms. The number of aromatic nitrogens is 1. The first kappa shape index (κ1) is 20.6. The number of aliphatic hydroxyl groups is 1. The molecule has 0 radical (unpaired) electrons. The number of aryl methyl sites for hydroxylation is 1. The van der Waals surface area contributed by atoms with E-state index in [9.17, 15) is 5.11 Å². The van der Waals surface area contributed by atoms with E-state index in [2.05, 4.69) is 59.2 Å². The van der Waals surface area contributed by atoms with Crippen molar-refractivity contribution in [1.82, 2.24) is 9.88 Å². The van der Waals surface area contributed by atoms with Crippen molar-refractivity contribution in [2.75, 3.05) is 51.3 Å². The molecule has 2 aromatic carbocycles. The van der Waals surface area contributed by atoms with Crippen molar-refractivity contribution in [1.29, 1.82) is 0 Å². The van der Waals surface area contributed by atoms with E-state index in [1.807, 2.05) is 6.07 Å². The van der Waals surface area contributed by atoms with Crippen LogP contribution in [0, 0.1) is 0 Å². The number of aliphatic hydroxyl groups excluding tert-OH is 1. The minimum absolute atomic E-state index is 0.176. The predicted molar refractivity (Wildman–Crippen MR) is 123 cm³/mol. The molecule has 1 fully saturated rings. The highest BCUT2D eigenvalue weighted by Gasteiger charge is 2.20. The normalized spacial score (nSPS) is 15.0. The quantitative estimate of drug-likeness (QED) is 0.644. The molecule has 0 saturated carbocycles. The first-order chi connectivity index (χ1) is 14.7. The maximum absolute atomic E-state index is 9.25. The fraction of sp³-hybridized carbons (Fsp3) is 0.400. The van der Waals surface area contributed by atoms with Crippen LogP contribution in [-0.2, 0) is 6.42 Å². The van der Waals surface area contributed by atoms with Crippen LogP contribution in [-0.4, -0.2) is 61.4 Å². The van der Waals surface area contributed by atoms with Gasteiger partial charge in [0.15, 0.2) is 0 Å². The largest absolute Gasteiger partial charge is 0.496 e. The highest BCUT2D eigenvalue weighted by Crippen LogP contribution is 2.33. The highest BCUT2D eigenvalue weighted by atomic mass is 16.5. The molecule has 5 nitrogen and oxygen atoms in total. The maximum Gasteiger partial charge on any atom is 0.137 e. The molecule has 3 aromatic rings. The molecule has 1 aromatic heterocycles. The molecule has 30 heavy (non-hydrogen) atoms. The van der Waals surface area contributed by atoms with Crippen LogP contribution in [0.1, 0.15) is 18.9 Å². The fourth-order valence-electron chi connectivity index (χ4n) is 4.25. The van der Waals surface area contributed by atoms with Gasteiger partial charge in [-0.1, -0.05) is 31.2 Å². The molecule has 0 aliphatic carbocycles. The number of piperazine rings is 1. The molecule has 1 N–H and O–H groups in total. The molecule has 1 aliphatic rings. The van der Waals surface area contributed by atoms with E-state index in [0.717, 1.165) is 74.0 Å². The first-order valence-corrected chi connectivity index (χ1v) is 10.9. The lowest BCUT2D eigenvalue weighted by Gasteiger charge is -2.35. The van der Waals surface area contributed by atoms with E-state index in [1.54, 1.807) is 7.11 Å². The minimum atomic E-state index is 0.176. The third-order valence-corrected chi connectivity index (χ3v) is 6.02. The Morgan fingerprint density at radius 3 is 2.57 bits per heavy atom. The summed E-state index contributed by atoms with van der Waals surface area (Å²) in [5.74, 6) is 1.94. The van der Waals surface area contributed by atoms with E-state index >= 15 is 0 Å². The molecular weight excluding hydrogens is 374 g/mol. The highest BCUT2D eigenvalue weighted by molar-refractivity contribution is 5.95. The molecular formula is C25H31N3O2. The second-order valence-electron chi connectivity index (χ2n) is 7.83. The van der Waals surface area contributed by atoms with Crippen LogP contribution in [0.5, 0.6) is 5.75 Å². The second-order valence-corrected chi connectivity index (χ2v) is 7.83. The Kier molecular flexibility index (Phi) is 6.50. The fourth-order valence-corrected chi connectivity index (χ4v) is 4.25. The monoisotopic (exact) mass is 405 g/mol. The van der Waals surface area contributed by atoms with Gasteiger partial charge in [0, 0.05) is 43.7 Å². The molecule has 0 atom stereocenters. The molecule has 0 spiro atoms. The van der Waals surface area contributed by atoms with Gasteiger partial charge in [-0.3, -0.25) is 0 Å². The minimum Gasteiger partial charge on any atom is -0.496 e. The summed E-state index contributed by atoms with van der Waals surface area (Å²) in [6, 6.07) is 17.0. The summed E-state index contributed by atoms with van der Waals surface area (Å²) in [6.07, 6.45) is 1.50. The summed E-state index contributed by atoms with van der Waals surface area (Å²) in [6.45, 7) is 7.65. The summed E-state index contributed by atoms with van der Waals surface area (Å²) >= 11 is 0. The number of likely N-dealkylation sites (N-methyl/N-ethyl adjacent to an activating group) is 1. The summed E-state index contributed by atoms with van der Waals surface area (Å²) in [4.78, 5) is 10.1. The van der Waals surface area contributed by atoms with E-state index in [-0.39, 0.29) is 6.61 Å². The van der Waals surface area contributed by atoms with Gasteiger partial charge in [-0.2, -0.15) is 0 Å². The lowest BCUT2D eigenvalue weighted by molar-refractivity contribution is 0.271. The van der Waals surface area contributed by atoms with Crippen molar-refractivity contribution < 1.29 is 9.84 Å². The Morgan fingerprint density at radius 1 is 1.03 bits per heavy atom. The van der Waals surface area contributed by atoms with Crippen molar-refractivity contribution in [2.24, 2.45) is 0 Å². The molecule has 4 rings (SSSR count). The number of nitrogens with zero attached hydrogens (tertiary/aromatic N) is 3. The number of rotatable bonds is 7. The zero-order valence-corrected chi connectivity index (χ0v) is 18.0. The number of hydrogen-bond acceptors (Lipinski definition) is 5. The summed E-state index contributed by atoms with van der Waals surface area (Å²) in [5, 5.41) is 11.7. The van der Waals surface area contributed by atoms with Crippen LogP contribution in [0.25, 0.3) is 22.0 Å². The maximum atomic E-state index is 9.25. The van der Waals surface area contributed by atoms with E-state index in [4.69, 9.17) is 9.72 Å². The van der Waals surface area contributed by atoms with Gasteiger partial charge in [0.2, 0.25) is 0 Å². The average molecular weight is 406 g/mol. The summed E-state index contributed by atoms with van der Waals surface area (Å²) < 4.78 is 5.53. The van der Waals surface area contributed by atoms with Crippen molar-refractivity contribution >= 4 is 16.6 Å². The molecule has 2 heterocycles. The third kappa shape index (κ3) is 4.27. The molecule has 0 amide bonds. The number of pyridine rings is 1. The van der Waals surface area contributed by atoms with Crippen LogP contribution in [0.3, 0.4) is 0 Å². The van der Waals surface area contributed by atoms with Gasteiger partial charge in [0.25, 0.3) is 0 Å². The van der Waals surface area contributed by atoms with Gasteiger partial charge in [-0.25, -0.2) is 4.98 Å². The molecule has 1 aliphatic heterocycles. The average Bonchev–Trinajstić information content (AvgIpc) is 2.82. The molecule has 0 unspecified atom stereocenters. The Bertz CT molecular complexity index is 997. The van der Waals surface area contributed by atoms with Gasteiger partial charge in [0.1, 0.15) is 11.6 Å². The zero-order valence-electron chi connectivity index (χ0n) is 18.0. The number of hydrogen-bond donors (Lipinski definition) is 1. The van der Waals surface area contributed by atoms with Gasteiger partial charge in [-0.05, 0) is 54.6 Å². The van der Waals surface area contributed by atoms with Crippen molar-refractivity contribution in [2.45, 2.75) is 19.8 Å². The van der Waals surface area contributed by atoms with Crippen molar-refractivity contribution in [3.63, 3.8) is 0 Å². The number of fused-ring (bicyclic) bond motifs is 1. The Labute approximate surface area is 178 Å². The van der Waals surface area contributed by atoms with Gasteiger partial charge < -0.3 is 19.6 Å². The Morgan fingerprint density at radius 2 is 1.83 bits per heavy atom. The SMILES string of the molecule is CCN1CCN(c2nc(-c3ccc(OC)c(CCCO)c3)cc3ccccc23)CC1.